The van der Waals surface area contributed by atoms with E-state index in [2.05, 4.69) is 5.32 Å². The summed E-state index contributed by atoms with van der Waals surface area (Å²) in [5.41, 5.74) is 5.25. The Hall–Kier alpha value is -0.260. The number of ether oxygens (including phenoxy) is 1. The zero-order valence-corrected chi connectivity index (χ0v) is 11.6. The predicted molar refractivity (Wildman–Crippen MR) is 72.2 cm³/mol. The first-order chi connectivity index (χ1) is 8.03. The lowest BCUT2D eigenvalue weighted by molar-refractivity contribution is -0.120. The van der Waals surface area contributed by atoms with Crippen LogP contribution in [0, 0.1) is 0 Å². The van der Waals surface area contributed by atoms with Crippen LogP contribution in [0.1, 0.15) is 33.1 Å². The van der Waals surface area contributed by atoms with Crippen molar-refractivity contribution >= 4 is 17.7 Å². The summed E-state index contributed by atoms with van der Waals surface area (Å²) >= 11 is 1.64. The number of rotatable bonds is 6. The fourth-order valence-electron chi connectivity index (χ4n) is 1.69. The Morgan fingerprint density at radius 3 is 2.88 bits per heavy atom. The first-order valence-corrected chi connectivity index (χ1v) is 7.39. The monoisotopic (exact) mass is 260 g/mol. The number of nitrogens with two attached hydrogens (primary N) is 1. The summed E-state index contributed by atoms with van der Waals surface area (Å²) < 4.78 is 5.61. The third kappa shape index (κ3) is 6.29. The summed E-state index contributed by atoms with van der Waals surface area (Å²) in [4.78, 5) is 11.6. The average Bonchev–Trinajstić information content (AvgIpc) is 2.30. The molecule has 1 saturated heterocycles. The number of amides is 1. The zero-order chi connectivity index (χ0) is 12.7. The number of hydrogen-bond donors (Lipinski definition) is 2. The van der Waals surface area contributed by atoms with Crippen LogP contribution in [0.2, 0.25) is 0 Å². The summed E-state index contributed by atoms with van der Waals surface area (Å²) in [5, 5.41) is 2.92. The maximum absolute atomic E-state index is 11.6. The van der Waals surface area contributed by atoms with E-state index in [1.165, 1.54) is 12.8 Å². The highest BCUT2D eigenvalue weighted by atomic mass is 32.2. The van der Waals surface area contributed by atoms with E-state index in [4.69, 9.17) is 10.5 Å². The van der Waals surface area contributed by atoms with Crippen molar-refractivity contribution in [1.82, 2.24) is 5.32 Å². The minimum Gasteiger partial charge on any atom is -0.377 e. The quantitative estimate of drug-likeness (QED) is 0.752. The molecule has 0 aromatic rings. The van der Waals surface area contributed by atoms with Gasteiger partial charge in [0.05, 0.1) is 11.9 Å². The smallest absolute Gasteiger partial charge is 0.230 e. The second-order valence-electron chi connectivity index (χ2n) is 5.14. The number of thioether (sulfide) groups is 1. The van der Waals surface area contributed by atoms with Crippen LogP contribution < -0.4 is 11.1 Å². The fraction of sp³-hybridized carbons (Fsp3) is 0.917. The fourth-order valence-corrected chi connectivity index (χ4v) is 2.59. The molecule has 0 aromatic carbocycles. The largest absolute Gasteiger partial charge is 0.377 e. The highest BCUT2D eigenvalue weighted by Crippen LogP contribution is 2.17. The summed E-state index contributed by atoms with van der Waals surface area (Å²) in [6, 6.07) is 0. The third-order valence-electron chi connectivity index (χ3n) is 2.80. The van der Waals surface area contributed by atoms with Gasteiger partial charge in [0.1, 0.15) is 0 Å². The second-order valence-corrected chi connectivity index (χ2v) is 6.17. The molecule has 0 saturated carbocycles. The van der Waals surface area contributed by atoms with Crippen LogP contribution in [0.5, 0.6) is 0 Å². The molecule has 1 unspecified atom stereocenters. The van der Waals surface area contributed by atoms with Gasteiger partial charge in [0, 0.05) is 24.4 Å². The topological polar surface area (TPSA) is 64.3 Å². The lowest BCUT2D eigenvalue weighted by atomic mass is 10.1. The van der Waals surface area contributed by atoms with Gasteiger partial charge >= 0.3 is 0 Å². The van der Waals surface area contributed by atoms with Crippen molar-refractivity contribution in [2.24, 2.45) is 5.73 Å². The van der Waals surface area contributed by atoms with Crippen molar-refractivity contribution < 1.29 is 9.53 Å². The molecule has 0 aromatic heterocycles. The van der Waals surface area contributed by atoms with Gasteiger partial charge in [-0.15, -0.1) is 11.8 Å². The molecule has 1 aliphatic rings. The molecule has 4 nitrogen and oxygen atoms in total. The van der Waals surface area contributed by atoms with E-state index in [0.717, 1.165) is 18.8 Å². The Morgan fingerprint density at radius 2 is 2.29 bits per heavy atom. The molecular weight excluding hydrogens is 236 g/mol. The minimum atomic E-state index is -0.307. The van der Waals surface area contributed by atoms with Gasteiger partial charge in [-0.3, -0.25) is 4.79 Å². The number of carbonyl (C=O) groups is 1. The van der Waals surface area contributed by atoms with Gasteiger partial charge in [0.2, 0.25) is 5.91 Å². The molecule has 0 aliphatic carbocycles. The van der Waals surface area contributed by atoms with Gasteiger partial charge in [-0.2, -0.15) is 0 Å². The highest BCUT2D eigenvalue weighted by molar-refractivity contribution is 7.99. The average molecular weight is 260 g/mol. The summed E-state index contributed by atoms with van der Waals surface area (Å²) in [6.45, 7) is 5.19. The maximum atomic E-state index is 11.6. The molecule has 5 heteroatoms. The van der Waals surface area contributed by atoms with Crippen molar-refractivity contribution in [3.8, 4) is 0 Å². The van der Waals surface area contributed by atoms with E-state index in [-0.39, 0.29) is 11.4 Å². The molecular formula is C12H24N2O2S. The van der Waals surface area contributed by atoms with Gasteiger partial charge in [-0.05, 0) is 33.1 Å². The van der Waals surface area contributed by atoms with Gasteiger partial charge in [-0.1, -0.05) is 0 Å². The van der Waals surface area contributed by atoms with E-state index in [1.54, 1.807) is 11.8 Å². The second kappa shape index (κ2) is 7.24. The summed E-state index contributed by atoms with van der Waals surface area (Å²) in [7, 11) is 0. The number of hydrogen-bond acceptors (Lipinski definition) is 4. The SMILES string of the molecule is CC(C)(CN)NC(=O)CSCC1CCCCO1. The van der Waals surface area contributed by atoms with Crippen molar-refractivity contribution in [1.29, 1.82) is 0 Å². The highest BCUT2D eigenvalue weighted by Gasteiger charge is 2.19. The standard InChI is InChI=1S/C12H24N2O2S/c1-12(2,9-13)14-11(15)8-17-7-10-5-3-4-6-16-10/h10H,3-9,13H2,1-2H3,(H,14,15). The van der Waals surface area contributed by atoms with Crippen molar-refractivity contribution in [3.05, 3.63) is 0 Å². The van der Waals surface area contributed by atoms with Crippen LogP contribution >= 0.6 is 11.8 Å². The maximum Gasteiger partial charge on any atom is 0.230 e. The molecule has 1 rings (SSSR count). The Labute approximate surface area is 108 Å². The van der Waals surface area contributed by atoms with Crippen molar-refractivity contribution in [3.63, 3.8) is 0 Å². The van der Waals surface area contributed by atoms with Crippen LogP contribution in [0.15, 0.2) is 0 Å². The minimum absolute atomic E-state index is 0.0567. The predicted octanol–water partition coefficient (Wildman–Crippen LogP) is 1.14. The van der Waals surface area contributed by atoms with E-state index >= 15 is 0 Å². The number of carbonyl (C=O) groups excluding carboxylic acids is 1. The van der Waals surface area contributed by atoms with E-state index in [1.807, 2.05) is 13.8 Å². The molecule has 1 atom stereocenters. The first-order valence-electron chi connectivity index (χ1n) is 6.24. The van der Waals surface area contributed by atoms with Crippen LogP contribution in [-0.2, 0) is 9.53 Å². The Kier molecular flexibility index (Phi) is 6.30. The molecule has 17 heavy (non-hydrogen) atoms. The summed E-state index contributed by atoms with van der Waals surface area (Å²) in [5.74, 6) is 1.46. The van der Waals surface area contributed by atoms with Gasteiger partial charge < -0.3 is 15.8 Å². The zero-order valence-electron chi connectivity index (χ0n) is 10.8. The molecule has 100 valence electrons. The lowest BCUT2D eigenvalue weighted by Gasteiger charge is -2.25. The normalized spacial score (nSPS) is 21.2. The van der Waals surface area contributed by atoms with Gasteiger partial charge in [-0.25, -0.2) is 0 Å². The Morgan fingerprint density at radius 1 is 1.53 bits per heavy atom. The van der Waals surface area contributed by atoms with Crippen LogP contribution in [0.3, 0.4) is 0 Å². The van der Waals surface area contributed by atoms with E-state index in [9.17, 15) is 4.79 Å². The van der Waals surface area contributed by atoms with Crippen molar-refractivity contribution in [2.75, 3.05) is 24.7 Å². The molecule has 0 radical (unpaired) electrons. The van der Waals surface area contributed by atoms with Gasteiger partial charge in [0.15, 0.2) is 0 Å². The summed E-state index contributed by atoms with van der Waals surface area (Å²) in [6.07, 6.45) is 3.89. The molecule has 3 N–H and O–H groups in total. The molecule has 0 bridgehead atoms. The Balaban J connectivity index is 2.11. The van der Waals surface area contributed by atoms with Crippen LogP contribution in [0.4, 0.5) is 0 Å². The van der Waals surface area contributed by atoms with E-state index < -0.39 is 0 Å². The van der Waals surface area contributed by atoms with Crippen LogP contribution in [-0.4, -0.2) is 42.2 Å². The first kappa shape index (κ1) is 14.8. The van der Waals surface area contributed by atoms with E-state index in [0.29, 0.717) is 18.4 Å². The molecule has 1 heterocycles. The Bertz CT molecular complexity index is 241. The molecule has 0 spiro atoms. The molecule has 1 aliphatic heterocycles. The number of nitrogens with one attached hydrogen (secondary N) is 1. The molecule has 1 fully saturated rings. The van der Waals surface area contributed by atoms with Crippen molar-refractivity contribution in [2.45, 2.75) is 44.8 Å². The van der Waals surface area contributed by atoms with Gasteiger partial charge in [0.25, 0.3) is 0 Å². The van der Waals surface area contributed by atoms with Crippen LogP contribution in [0.25, 0.3) is 0 Å². The lowest BCUT2D eigenvalue weighted by Crippen LogP contribution is -2.49. The molecule has 1 amide bonds. The third-order valence-corrected chi connectivity index (χ3v) is 3.87.